The molecule has 208 valence electrons. The predicted molar refractivity (Wildman–Crippen MR) is 150 cm³/mol. The highest BCUT2D eigenvalue weighted by Gasteiger charge is 2.54. The highest BCUT2D eigenvalue weighted by Crippen LogP contribution is 2.46. The summed E-state index contributed by atoms with van der Waals surface area (Å²) in [6, 6.07) is 14.1. The zero-order valence-corrected chi connectivity index (χ0v) is 23.1. The number of carbonyl (C=O) groups is 2. The van der Waals surface area contributed by atoms with Gasteiger partial charge in [0.1, 0.15) is 18.1 Å². The minimum atomic E-state index is -0.931. The lowest BCUT2D eigenvalue weighted by Crippen LogP contribution is -2.40. The smallest absolute Gasteiger partial charge is 0.233 e. The second-order valence-electron chi connectivity index (χ2n) is 10.4. The van der Waals surface area contributed by atoms with Crippen LogP contribution in [0.3, 0.4) is 0 Å². The summed E-state index contributed by atoms with van der Waals surface area (Å²) in [6.45, 7) is 4.01. The summed E-state index contributed by atoms with van der Waals surface area (Å²) in [7, 11) is 0. The maximum Gasteiger partial charge on any atom is 0.233 e. The van der Waals surface area contributed by atoms with Gasteiger partial charge in [0.25, 0.3) is 0 Å². The highest BCUT2D eigenvalue weighted by atomic mass is 35.5. The van der Waals surface area contributed by atoms with Crippen molar-refractivity contribution in [2.24, 2.45) is 17.8 Å². The molecule has 8 heteroatoms. The van der Waals surface area contributed by atoms with Gasteiger partial charge in [0.15, 0.2) is 0 Å². The number of phenols is 1. The number of aliphatic hydroxyl groups is 2. The number of likely N-dealkylation sites (tertiary alicyclic amines) is 1. The van der Waals surface area contributed by atoms with Crippen molar-refractivity contribution < 1.29 is 29.6 Å². The summed E-state index contributed by atoms with van der Waals surface area (Å²) in [5.74, 6) is -1.64. The zero-order chi connectivity index (χ0) is 28.1. The first-order chi connectivity index (χ1) is 18.7. The predicted octanol–water partition coefficient (Wildman–Crippen LogP) is 4.99. The number of halogens is 1. The van der Waals surface area contributed by atoms with Crippen molar-refractivity contribution in [2.45, 2.75) is 45.6 Å². The molecule has 0 spiro atoms. The van der Waals surface area contributed by atoms with E-state index in [9.17, 15) is 24.9 Å². The molecule has 0 radical (unpaired) electrons. The van der Waals surface area contributed by atoms with Crippen LogP contribution in [0.1, 0.15) is 45.1 Å². The van der Waals surface area contributed by atoms with Crippen LogP contribution in [0.15, 0.2) is 65.3 Å². The van der Waals surface area contributed by atoms with Gasteiger partial charge in [0.05, 0.1) is 29.6 Å². The Kier molecular flexibility index (Phi) is 9.49. The number of para-hydroxylation sites is 1. The van der Waals surface area contributed by atoms with Crippen LogP contribution in [0.5, 0.6) is 11.5 Å². The minimum absolute atomic E-state index is 0.0884. The van der Waals surface area contributed by atoms with E-state index in [0.717, 1.165) is 16.7 Å². The number of rotatable bonds is 11. The number of benzene rings is 2. The molecule has 2 aromatic carbocycles. The molecular formula is C31H36ClNO6. The number of aromatic hydroxyl groups is 1. The minimum Gasteiger partial charge on any atom is -0.508 e. The van der Waals surface area contributed by atoms with Gasteiger partial charge in [-0.05, 0) is 79.6 Å². The molecule has 0 bridgehead atoms. The summed E-state index contributed by atoms with van der Waals surface area (Å²) in [4.78, 5) is 27.8. The van der Waals surface area contributed by atoms with E-state index in [0.29, 0.717) is 48.6 Å². The van der Waals surface area contributed by atoms with Crippen LogP contribution in [-0.4, -0.2) is 57.9 Å². The van der Waals surface area contributed by atoms with E-state index >= 15 is 0 Å². The zero-order valence-electron chi connectivity index (χ0n) is 22.3. The Morgan fingerprint density at radius 3 is 2.59 bits per heavy atom. The average Bonchev–Trinajstić information content (AvgIpc) is 3.16. The fourth-order valence-electron chi connectivity index (χ4n) is 5.78. The molecule has 0 aromatic heterocycles. The van der Waals surface area contributed by atoms with Crippen molar-refractivity contribution in [3.05, 3.63) is 75.8 Å². The second kappa shape index (κ2) is 12.8. The van der Waals surface area contributed by atoms with Gasteiger partial charge >= 0.3 is 0 Å². The van der Waals surface area contributed by atoms with E-state index in [1.165, 1.54) is 11.0 Å². The number of hydrogen-bond acceptors (Lipinski definition) is 6. The van der Waals surface area contributed by atoms with Crippen molar-refractivity contribution in [2.75, 3.05) is 19.8 Å². The Hall–Kier alpha value is -3.13. The molecule has 2 amide bonds. The second-order valence-corrected chi connectivity index (χ2v) is 10.8. The Balaban J connectivity index is 1.60. The monoisotopic (exact) mass is 553 g/mol. The molecule has 4 atom stereocenters. The van der Waals surface area contributed by atoms with Gasteiger partial charge in [-0.25, -0.2) is 0 Å². The van der Waals surface area contributed by atoms with Crippen molar-refractivity contribution in [1.29, 1.82) is 0 Å². The van der Waals surface area contributed by atoms with Crippen LogP contribution in [0.4, 0.5) is 0 Å². The third-order valence-corrected chi connectivity index (χ3v) is 7.96. The fourth-order valence-corrected chi connectivity index (χ4v) is 6.01. The van der Waals surface area contributed by atoms with E-state index in [4.69, 9.17) is 16.3 Å². The third kappa shape index (κ3) is 6.38. The number of fused-ring (bicyclic) bond motifs is 1. The van der Waals surface area contributed by atoms with Crippen molar-refractivity contribution in [3.63, 3.8) is 0 Å². The van der Waals surface area contributed by atoms with Crippen LogP contribution >= 0.6 is 11.6 Å². The van der Waals surface area contributed by atoms with E-state index in [2.05, 4.69) is 0 Å². The molecule has 1 heterocycles. The average molecular weight is 554 g/mol. The number of amides is 2. The number of nitrogens with zero attached hydrogens (tertiary/aromatic N) is 1. The Morgan fingerprint density at radius 1 is 1.18 bits per heavy atom. The van der Waals surface area contributed by atoms with Gasteiger partial charge in [-0.15, -0.1) is 0 Å². The van der Waals surface area contributed by atoms with Gasteiger partial charge in [-0.1, -0.05) is 48.4 Å². The van der Waals surface area contributed by atoms with Crippen LogP contribution in [0, 0.1) is 17.8 Å². The summed E-state index contributed by atoms with van der Waals surface area (Å²) in [6.07, 6.45) is 2.84. The SMILES string of the molecule is CCCN1C(=O)[C@@H]2[C@@H](CC(COc3ccccc3)=C([C@H](O)CC/C(C)=C/c3ccc(O)cc3Cl)[C@@H]2CO)C1=O. The lowest BCUT2D eigenvalue weighted by atomic mass is 9.68. The van der Waals surface area contributed by atoms with E-state index < -0.39 is 23.9 Å². The number of allylic oxidation sites excluding steroid dienone is 1. The van der Waals surface area contributed by atoms with Crippen molar-refractivity contribution >= 4 is 29.5 Å². The molecule has 1 aliphatic carbocycles. The van der Waals surface area contributed by atoms with E-state index in [1.807, 2.05) is 50.3 Å². The molecular weight excluding hydrogens is 518 g/mol. The molecule has 2 aromatic rings. The fraction of sp³-hybridized carbons (Fsp3) is 0.419. The molecule has 7 nitrogen and oxygen atoms in total. The Labute approximate surface area is 234 Å². The molecule has 2 aliphatic rings. The molecule has 0 saturated carbocycles. The van der Waals surface area contributed by atoms with Crippen LogP contribution < -0.4 is 4.74 Å². The number of hydrogen-bond donors (Lipinski definition) is 3. The molecule has 1 saturated heterocycles. The number of carbonyl (C=O) groups excluding carboxylic acids is 2. The molecule has 4 rings (SSSR count). The topological polar surface area (TPSA) is 107 Å². The molecule has 39 heavy (non-hydrogen) atoms. The van der Waals surface area contributed by atoms with Gasteiger partial charge in [-0.3, -0.25) is 14.5 Å². The maximum atomic E-state index is 13.3. The van der Waals surface area contributed by atoms with E-state index in [1.54, 1.807) is 12.1 Å². The quantitative estimate of drug-likeness (QED) is 0.267. The number of phenolic OH excluding ortho intramolecular Hbond substituents is 1. The van der Waals surface area contributed by atoms with Gasteiger partial charge < -0.3 is 20.1 Å². The first-order valence-electron chi connectivity index (χ1n) is 13.4. The van der Waals surface area contributed by atoms with Crippen molar-refractivity contribution in [1.82, 2.24) is 4.90 Å². The lowest BCUT2D eigenvalue weighted by molar-refractivity contribution is -0.140. The number of aliphatic hydroxyl groups excluding tert-OH is 2. The molecule has 0 unspecified atom stereocenters. The third-order valence-electron chi connectivity index (χ3n) is 7.63. The van der Waals surface area contributed by atoms with Crippen molar-refractivity contribution in [3.8, 4) is 11.5 Å². The molecule has 3 N–H and O–H groups in total. The summed E-state index contributed by atoms with van der Waals surface area (Å²) >= 11 is 6.25. The Morgan fingerprint density at radius 2 is 1.92 bits per heavy atom. The van der Waals surface area contributed by atoms with Crippen LogP contribution in [0.25, 0.3) is 6.08 Å². The largest absolute Gasteiger partial charge is 0.508 e. The van der Waals surface area contributed by atoms with Gasteiger partial charge in [0.2, 0.25) is 11.8 Å². The van der Waals surface area contributed by atoms with Gasteiger partial charge in [0, 0.05) is 12.5 Å². The normalized spacial score (nSPS) is 22.3. The Bertz CT molecular complexity index is 1260. The first-order valence-corrected chi connectivity index (χ1v) is 13.8. The highest BCUT2D eigenvalue weighted by molar-refractivity contribution is 6.32. The maximum absolute atomic E-state index is 13.3. The van der Waals surface area contributed by atoms with Gasteiger partial charge in [-0.2, -0.15) is 0 Å². The summed E-state index contributed by atoms with van der Waals surface area (Å²) < 4.78 is 6.02. The summed E-state index contributed by atoms with van der Waals surface area (Å²) in [5.41, 5.74) is 3.09. The van der Waals surface area contributed by atoms with Crippen LogP contribution in [-0.2, 0) is 9.59 Å². The number of imide groups is 1. The molecule has 1 fully saturated rings. The number of ether oxygens (including phenoxy) is 1. The van der Waals surface area contributed by atoms with E-state index in [-0.39, 0.29) is 30.8 Å². The first kappa shape index (κ1) is 28.9. The van der Waals surface area contributed by atoms with Crippen LogP contribution in [0.2, 0.25) is 5.02 Å². The molecule has 1 aliphatic heterocycles. The lowest BCUT2D eigenvalue weighted by Gasteiger charge is -2.36. The standard InChI is InChI=1S/C31H36ClNO6/c1-3-13-33-30(37)24-15-21(18-39-23-7-5-4-6-8-23)28(25(17-34)29(24)31(33)38)27(36)12-9-19(2)14-20-10-11-22(35)16-26(20)32/h4-8,10-11,14,16,24-25,27,29,34-36H,3,9,12-13,15,17-18H2,1-2H3/b19-14+/t24-,25+,27-,29-/m1/s1. The summed E-state index contributed by atoms with van der Waals surface area (Å²) in [5, 5.41) is 32.0.